The maximum atomic E-state index is 14.0. The molecule has 0 bridgehead atoms. The number of fused-ring (bicyclic) bond motifs is 1. The van der Waals surface area contributed by atoms with Crippen LogP contribution in [0, 0.1) is 11.6 Å². The summed E-state index contributed by atoms with van der Waals surface area (Å²) in [5.41, 5.74) is -0.774. The van der Waals surface area contributed by atoms with Crippen LogP contribution in [0.4, 0.5) is 8.78 Å². The Morgan fingerprint density at radius 2 is 2.03 bits per heavy atom. The zero-order valence-electron chi connectivity index (χ0n) is 20.5. The third-order valence-corrected chi connectivity index (χ3v) is 6.75. The average Bonchev–Trinajstić information content (AvgIpc) is 3.41. The predicted molar refractivity (Wildman–Crippen MR) is 132 cm³/mol. The Bertz CT molecular complexity index is 1420. The molecule has 11 heteroatoms. The van der Waals surface area contributed by atoms with Crippen molar-refractivity contribution in [3.63, 3.8) is 0 Å². The van der Waals surface area contributed by atoms with Crippen molar-refractivity contribution < 1.29 is 28.2 Å². The number of ether oxygens (including phenoxy) is 1. The number of rotatable bonds is 8. The summed E-state index contributed by atoms with van der Waals surface area (Å²) >= 11 is 0. The summed E-state index contributed by atoms with van der Waals surface area (Å²) < 4.78 is 34.2. The van der Waals surface area contributed by atoms with Gasteiger partial charge in [-0.25, -0.2) is 8.78 Å². The van der Waals surface area contributed by atoms with Gasteiger partial charge in [-0.2, -0.15) is 0 Å². The second kappa shape index (κ2) is 10.7. The molecule has 2 aliphatic rings. The molecular weight excluding hydrogens is 498 g/mol. The van der Waals surface area contributed by atoms with Crippen LogP contribution in [-0.4, -0.2) is 57.3 Å². The van der Waals surface area contributed by atoms with Gasteiger partial charge in [-0.05, 0) is 43.0 Å². The first-order valence-electron chi connectivity index (χ1n) is 12.3. The number of hydrogen-bond acceptors (Lipinski definition) is 7. The number of nitrogens with zero attached hydrogens (tertiary/aromatic N) is 4. The van der Waals surface area contributed by atoms with E-state index in [0.29, 0.717) is 12.3 Å². The molecule has 0 aliphatic carbocycles. The Morgan fingerprint density at radius 1 is 1.18 bits per heavy atom. The summed E-state index contributed by atoms with van der Waals surface area (Å²) in [6, 6.07) is 8.44. The van der Waals surface area contributed by atoms with Crippen LogP contribution < -0.4 is 10.4 Å². The van der Waals surface area contributed by atoms with Crippen LogP contribution in [0.2, 0.25) is 0 Å². The Kier molecular flexibility index (Phi) is 7.19. The zero-order valence-corrected chi connectivity index (χ0v) is 20.5. The highest BCUT2D eigenvalue weighted by Gasteiger charge is 2.36. The molecule has 5 rings (SSSR count). The van der Waals surface area contributed by atoms with E-state index in [9.17, 15) is 28.3 Å². The van der Waals surface area contributed by atoms with E-state index < -0.39 is 34.5 Å². The predicted octanol–water partition coefficient (Wildman–Crippen LogP) is 2.77. The van der Waals surface area contributed by atoms with E-state index in [-0.39, 0.29) is 55.5 Å². The maximum Gasteiger partial charge on any atom is 0.277 e. The summed E-state index contributed by atoms with van der Waals surface area (Å²) in [6.07, 6.45) is 4.08. The summed E-state index contributed by atoms with van der Waals surface area (Å²) in [5.74, 6) is -3.56. The summed E-state index contributed by atoms with van der Waals surface area (Å²) in [5, 5.41) is 12.6. The molecule has 1 saturated heterocycles. The minimum atomic E-state index is -0.981. The lowest BCUT2D eigenvalue weighted by molar-refractivity contribution is 0.0455. The van der Waals surface area contributed by atoms with Gasteiger partial charge >= 0.3 is 0 Å². The molecular formula is C27H26F2N4O5. The number of pyridine rings is 2. The van der Waals surface area contributed by atoms with Crippen molar-refractivity contribution in [1.82, 2.24) is 14.6 Å². The Hall–Kier alpha value is -4.12. The number of carbonyl (C=O) groups is 2. The highest BCUT2D eigenvalue weighted by atomic mass is 19.1. The van der Waals surface area contributed by atoms with Crippen molar-refractivity contribution in [3.05, 3.63) is 93.2 Å². The molecule has 0 spiro atoms. The zero-order chi connectivity index (χ0) is 26.8. The van der Waals surface area contributed by atoms with Gasteiger partial charge in [-0.15, -0.1) is 0 Å². The molecule has 0 saturated carbocycles. The van der Waals surface area contributed by atoms with E-state index >= 15 is 0 Å². The molecule has 1 fully saturated rings. The molecule has 198 valence electrons. The summed E-state index contributed by atoms with van der Waals surface area (Å²) in [6.45, 7) is 1.23. The van der Waals surface area contributed by atoms with Crippen LogP contribution >= 0.6 is 0 Å². The highest BCUT2D eigenvalue weighted by Crippen LogP contribution is 2.25. The monoisotopic (exact) mass is 524 g/mol. The molecule has 0 unspecified atom stereocenters. The number of aryl methyl sites for hydroxylation is 1. The van der Waals surface area contributed by atoms with Crippen LogP contribution in [0.25, 0.3) is 0 Å². The minimum absolute atomic E-state index is 0.0708. The molecule has 2 aliphatic heterocycles. The van der Waals surface area contributed by atoms with Gasteiger partial charge < -0.3 is 14.7 Å². The number of hydrogen-bond donors (Lipinski definition) is 1. The number of Topliss-reactive ketones (excluding diaryl/α,β-unsaturated/α-hetero) is 1. The number of carbonyl (C=O) groups excluding carboxylic acids is 2. The lowest BCUT2D eigenvalue weighted by atomic mass is 10.0. The van der Waals surface area contributed by atoms with Crippen molar-refractivity contribution >= 4 is 11.7 Å². The van der Waals surface area contributed by atoms with Crippen molar-refractivity contribution in [3.8, 4) is 5.75 Å². The fraction of sp³-hybridized carbons (Fsp3) is 0.333. The first-order valence-corrected chi connectivity index (χ1v) is 12.3. The molecule has 3 aromatic rings. The third kappa shape index (κ3) is 5.14. The van der Waals surface area contributed by atoms with Gasteiger partial charge in [0.1, 0.15) is 18.3 Å². The van der Waals surface area contributed by atoms with Crippen LogP contribution in [0.15, 0.2) is 53.6 Å². The van der Waals surface area contributed by atoms with Crippen molar-refractivity contribution in [2.45, 2.75) is 38.3 Å². The second-order valence-corrected chi connectivity index (χ2v) is 9.36. The second-order valence-electron chi connectivity index (χ2n) is 9.36. The van der Waals surface area contributed by atoms with Gasteiger partial charge in [0.15, 0.2) is 17.2 Å². The van der Waals surface area contributed by atoms with Crippen molar-refractivity contribution in [1.29, 1.82) is 0 Å². The van der Waals surface area contributed by atoms with E-state index in [1.165, 1.54) is 21.8 Å². The SMILES string of the molecule is O=C(CCc1ccc(F)cc1F)c1cn2c(c(O)c1=O)C(=O)N(C[C@@H]1CCCO1)CN2Cc1ccccn1. The fourth-order valence-electron chi connectivity index (χ4n) is 4.78. The van der Waals surface area contributed by atoms with E-state index in [4.69, 9.17) is 4.74 Å². The van der Waals surface area contributed by atoms with Gasteiger partial charge in [0.25, 0.3) is 5.91 Å². The van der Waals surface area contributed by atoms with E-state index in [1.54, 1.807) is 23.3 Å². The Morgan fingerprint density at radius 3 is 2.74 bits per heavy atom. The molecule has 1 aromatic carbocycles. The van der Waals surface area contributed by atoms with Gasteiger partial charge in [0.05, 0.1) is 23.9 Å². The third-order valence-electron chi connectivity index (χ3n) is 6.75. The molecule has 38 heavy (non-hydrogen) atoms. The molecule has 4 heterocycles. The number of ketones is 1. The minimum Gasteiger partial charge on any atom is -0.502 e. The summed E-state index contributed by atoms with van der Waals surface area (Å²) in [4.78, 5) is 45.3. The Balaban J connectivity index is 1.47. The van der Waals surface area contributed by atoms with Crippen LogP contribution in [0.5, 0.6) is 5.75 Å². The van der Waals surface area contributed by atoms with E-state index in [0.717, 1.165) is 25.0 Å². The number of amides is 1. The van der Waals surface area contributed by atoms with Crippen LogP contribution in [0.3, 0.4) is 0 Å². The molecule has 1 N–H and O–H groups in total. The average molecular weight is 525 g/mol. The quantitative estimate of drug-likeness (QED) is 0.452. The largest absolute Gasteiger partial charge is 0.502 e. The first-order chi connectivity index (χ1) is 18.3. The molecule has 1 amide bonds. The normalized spacial score (nSPS) is 17.1. The van der Waals surface area contributed by atoms with Gasteiger partial charge in [-0.3, -0.25) is 29.1 Å². The number of aromatic hydroxyl groups is 1. The summed E-state index contributed by atoms with van der Waals surface area (Å²) in [7, 11) is 0. The molecule has 0 radical (unpaired) electrons. The van der Waals surface area contributed by atoms with Gasteiger partial charge in [0, 0.05) is 38.0 Å². The first kappa shape index (κ1) is 25.5. The smallest absolute Gasteiger partial charge is 0.277 e. The lowest BCUT2D eigenvalue weighted by Gasteiger charge is -2.40. The number of benzene rings is 1. The van der Waals surface area contributed by atoms with Gasteiger partial charge in [0.2, 0.25) is 5.43 Å². The number of halogens is 2. The van der Waals surface area contributed by atoms with Crippen molar-refractivity contribution in [2.24, 2.45) is 0 Å². The maximum absolute atomic E-state index is 14.0. The highest BCUT2D eigenvalue weighted by molar-refractivity contribution is 6.00. The number of aromatic nitrogens is 2. The topological polar surface area (TPSA) is 105 Å². The molecule has 1 atom stereocenters. The fourth-order valence-corrected chi connectivity index (χ4v) is 4.78. The van der Waals surface area contributed by atoms with Crippen LogP contribution in [-0.2, 0) is 17.7 Å². The standard InChI is InChI=1S/C27H26F2N4O5/c28-18-8-6-17(22(29)12-18)7-9-23(34)21-15-33-24(26(36)25(21)35)27(37)31(14-20-5-3-11-38-20)16-32(33)13-19-4-1-2-10-30-19/h1-2,4,6,8,10,12,15,20,36H,3,5,7,9,11,13-14,16H2/t20-/m0/s1. The molecule has 9 nitrogen and oxygen atoms in total. The van der Waals surface area contributed by atoms with E-state index in [2.05, 4.69) is 4.98 Å². The van der Waals surface area contributed by atoms with Gasteiger partial charge in [-0.1, -0.05) is 12.1 Å². The van der Waals surface area contributed by atoms with Crippen molar-refractivity contribution in [2.75, 3.05) is 24.8 Å². The molecule has 2 aromatic heterocycles. The lowest BCUT2D eigenvalue weighted by Crippen LogP contribution is -2.55. The van der Waals surface area contributed by atoms with Crippen LogP contribution in [0.1, 0.15) is 51.4 Å². The van der Waals surface area contributed by atoms with E-state index in [1.807, 2.05) is 6.07 Å². The Labute approximate surface area is 216 Å².